The van der Waals surface area contributed by atoms with E-state index < -0.39 is 0 Å². The van der Waals surface area contributed by atoms with E-state index in [9.17, 15) is 9.90 Å². The number of hydrogen-bond acceptors (Lipinski definition) is 5. The molecule has 1 saturated heterocycles. The number of phenols is 1. The van der Waals surface area contributed by atoms with E-state index in [2.05, 4.69) is 20.9 Å². The summed E-state index contributed by atoms with van der Waals surface area (Å²) in [6, 6.07) is 8.58. The summed E-state index contributed by atoms with van der Waals surface area (Å²) in [6.45, 7) is 1.56. The van der Waals surface area contributed by atoms with E-state index in [0.717, 1.165) is 30.8 Å². The Morgan fingerprint density at radius 2 is 2.26 bits per heavy atom. The fraction of sp³-hybridized carbons (Fsp3) is 0.368. The van der Waals surface area contributed by atoms with Crippen LogP contribution in [0.1, 0.15) is 18.4 Å². The van der Waals surface area contributed by atoms with Gasteiger partial charge in [0.05, 0.1) is 12.1 Å². The molecule has 144 valence electrons. The van der Waals surface area contributed by atoms with Gasteiger partial charge in [-0.25, -0.2) is 0 Å². The van der Waals surface area contributed by atoms with Gasteiger partial charge in [-0.05, 0) is 31.0 Å². The van der Waals surface area contributed by atoms with E-state index >= 15 is 0 Å². The van der Waals surface area contributed by atoms with Crippen LogP contribution in [0.4, 0.5) is 11.5 Å². The SMILES string of the molecule is CNc1[nH]ccc1C(=N)N1CCCC(NC(=O)CNc2cccc(O)c2)C1. The van der Waals surface area contributed by atoms with E-state index in [-0.39, 0.29) is 24.2 Å². The second kappa shape index (κ2) is 8.48. The number of amides is 1. The number of amidine groups is 1. The zero-order valence-electron chi connectivity index (χ0n) is 15.4. The molecular formula is C19H26N6O2. The topological polar surface area (TPSA) is 116 Å². The molecule has 6 N–H and O–H groups in total. The molecule has 8 nitrogen and oxygen atoms in total. The predicted molar refractivity (Wildman–Crippen MR) is 107 cm³/mol. The summed E-state index contributed by atoms with van der Waals surface area (Å²) in [6.07, 6.45) is 3.63. The van der Waals surface area contributed by atoms with Crippen LogP contribution >= 0.6 is 0 Å². The van der Waals surface area contributed by atoms with Crippen molar-refractivity contribution in [2.45, 2.75) is 18.9 Å². The molecule has 2 aromatic rings. The Labute approximate surface area is 158 Å². The maximum absolute atomic E-state index is 12.3. The van der Waals surface area contributed by atoms with E-state index in [0.29, 0.717) is 18.1 Å². The fourth-order valence-corrected chi connectivity index (χ4v) is 3.32. The number of likely N-dealkylation sites (tertiary alicyclic amines) is 1. The number of benzene rings is 1. The van der Waals surface area contributed by atoms with E-state index in [1.807, 2.05) is 24.2 Å². The minimum absolute atomic E-state index is 0.00885. The number of carbonyl (C=O) groups excluding carboxylic acids is 1. The molecule has 0 radical (unpaired) electrons. The number of rotatable bonds is 6. The van der Waals surface area contributed by atoms with Crippen molar-refractivity contribution in [2.24, 2.45) is 0 Å². The molecule has 0 bridgehead atoms. The van der Waals surface area contributed by atoms with E-state index in [1.165, 1.54) is 0 Å². The van der Waals surface area contributed by atoms with Gasteiger partial charge in [-0.15, -0.1) is 0 Å². The number of phenolic OH excluding ortho intramolecular Hbond substituents is 1. The summed E-state index contributed by atoms with van der Waals surface area (Å²) in [5.41, 5.74) is 1.53. The van der Waals surface area contributed by atoms with Gasteiger partial charge in [0, 0.05) is 44.1 Å². The average Bonchev–Trinajstić information content (AvgIpc) is 3.15. The van der Waals surface area contributed by atoms with Crippen LogP contribution in [-0.2, 0) is 4.79 Å². The van der Waals surface area contributed by atoms with Crippen LogP contribution in [0.25, 0.3) is 0 Å². The monoisotopic (exact) mass is 370 g/mol. The van der Waals surface area contributed by atoms with Crippen molar-refractivity contribution in [3.05, 3.63) is 42.1 Å². The highest BCUT2D eigenvalue weighted by molar-refractivity contribution is 6.01. The first-order valence-corrected chi connectivity index (χ1v) is 9.08. The molecule has 27 heavy (non-hydrogen) atoms. The quantitative estimate of drug-likeness (QED) is 0.342. The second-order valence-corrected chi connectivity index (χ2v) is 6.62. The molecule has 3 rings (SSSR count). The summed E-state index contributed by atoms with van der Waals surface area (Å²) in [4.78, 5) is 17.3. The molecule has 2 heterocycles. The molecule has 1 aromatic carbocycles. The van der Waals surface area contributed by atoms with Gasteiger partial charge in [-0.2, -0.15) is 0 Å². The minimum Gasteiger partial charge on any atom is -0.508 e. The highest BCUT2D eigenvalue weighted by Crippen LogP contribution is 2.19. The minimum atomic E-state index is -0.103. The Balaban J connectivity index is 1.52. The third-order valence-corrected chi connectivity index (χ3v) is 4.65. The predicted octanol–water partition coefficient (Wildman–Crippen LogP) is 1.78. The number of piperidine rings is 1. The molecule has 1 atom stereocenters. The first-order valence-electron chi connectivity index (χ1n) is 9.08. The fourth-order valence-electron chi connectivity index (χ4n) is 3.32. The number of carbonyl (C=O) groups is 1. The summed E-state index contributed by atoms with van der Waals surface area (Å²) < 4.78 is 0. The van der Waals surface area contributed by atoms with Crippen molar-refractivity contribution in [3.63, 3.8) is 0 Å². The van der Waals surface area contributed by atoms with Gasteiger partial charge >= 0.3 is 0 Å². The second-order valence-electron chi connectivity index (χ2n) is 6.62. The molecule has 1 unspecified atom stereocenters. The molecule has 1 fully saturated rings. The van der Waals surface area contributed by atoms with Gasteiger partial charge in [0.25, 0.3) is 0 Å². The van der Waals surface area contributed by atoms with Crippen molar-refractivity contribution >= 4 is 23.2 Å². The molecule has 0 aliphatic carbocycles. The summed E-state index contributed by atoms with van der Waals surface area (Å²) >= 11 is 0. The number of aromatic amines is 1. The number of nitrogens with one attached hydrogen (secondary N) is 5. The lowest BCUT2D eigenvalue weighted by Crippen LogP contribution is -2.50. The van der Waals surface area contributed by atoms with Crippen molar-refractivity contribution in [1.82, 2.24) is 15.2 Å². The molecule has 1 amide bonds. The van der Waals surface area contributed by atoms with Crippen molar-refractivity contribution in [1.29, 1.82) is 5.41 Å². The number of anilines is 2. The number of H-pyrrole nitrogens is 1. The van der Waals surface area contributed by atoms with Gasteiger partial charge in [-0.1, -0.05) is 6.07 Å². The number of aromatic nitrogens is 1. The van der Waals surface area contributed by atoms with Crippen LogP contribution in [0.3, 0.4) is 0 Å². The summed E-state index contributed by atoms with van der Waals surface area (Å²) in [7, 11) is 1.82. The van der Waals surface area contributed by atoms with Crippen molar-refractivity contribution in [2.75, 3.05) is 37.3 Å². The zero-order chi connectivity index (χ0) is 19.2. The Kier molecular flexibility index (Phi) is 5.85. The van der Waals surface area contributed by atoms with Gasteiger partial charge < -0.3 is 30.9 Å². The van der Waals surface area contributed by atoms with E-state index in [1.54, 1.807) is 24.3 Å². The molecule has 1 aliphatic rings. The lowest BCUT2D eigenvalue weighted by atomic mass is 10.0. The van der Waals surface area contributed by atoms with Crippen LogP contribution in [-0.4, -0.2) is 59.5 Å². The molecule has 8 heteroatoms. The molecule has 0 spiro atoms. The Morgan fingerprint density at radius 3 is 3.04 bits per heavy atom. The zero-order valence-corrected chi connectivity index (χ0v) is 15.4. The maximum Gasteiger partial charge on any atom is 0.239 e. The Bertz CT molecular complexity index is 803. The third kappa shape index (κ3) is 4.72. The molecular weight excluding hydrogens is 344 g/mol. The van der Waals surface area contributed by atoms with Crippen LogP contribution in [0.2, 0.25) is 0 Å². The van der Waals surface area contributed by atoms with Crippen LogP contribution in [0.15, 0.2) is 36.5 Å². The lowest BCUT2D eigenvalue weighted by Gasteiger charge is -2.34. The third-order valence-electron chi connectivity index (χ3n) is 4.65. The molecule has 0 saturated carbocycles. The summed E-state index contributed by atoms with van der Waals surface area (Å²) in [5, 5.41) is 27.1. The maximum atomic E-state index is 12.3. The number of nitrogens with zero attached hydrogens (tertiary/aromatic N) is 1. The first-order chi connectivity index (χ1) is 13.1. The summed E-state index contributed by atoms with van der Waals surface area (Å²) in [5.74, 6) is 1.33. The van der Waals surface area contributed by atoms with Crippen molar-refractivity contribution in [3.8, 4) is 5.75 Å². The van der Waals surface area contributed by atoms with Crippen molar-refractivity contribution < 1.29 is 9.90 Å². The van der Waals surface area contributed by atoms with Crippen LogP contribution < -0.4 is 16.0 Å². The van der Waals surface area contributed by atoms with Gasteiger partial charge in [0.15, 0.2) is 0 Å². The average molecular weight is 370 g/mol. The molecule has 1 aliphatic heterocycles. The number of hydrogen-bond donors (Lipinski definition) is 6. The largest absolute Gasteiger partial charge is 0.508 e. The Morgan fingerprint density at radius 1 is 1.41 bits per heavy atom. The first kappa shape index (κ1) is 18.6. The molecule has 1 aromatic heterocycles. The normalized spacial score (nSPS) is 16.6. The standard InChI is InChI=1S/C19H26N6O2/c1-21-19-16(7-8-22-19)18(20)25-9-3-5-14(12-25)24-17(27)11-23-13-4-2-6-15(26)10-13/h2,4,6-8,10,14,20-23,26H,3,5,9,11-12H2,1H3,(H,24,27). The van der Waals surface area contributed by atoms with Gasteiger partial charge in [-0.3, -0.25) is 10.2 Å². The smallest absolute Gasteiger partial charge is 0.239 e. The van der Waals surface area contributed by atoms with Crippen LogP contribution in [0, 0.1) is 5.41 Å². The highest BCUT2D eigenvalue weighted by Gasteiger charge is 2.24. The lowest BCUT2D eigenvalue weighted by molar-refractivity contribution is -0.120. The highest BCUT2D eigenvalue weighted by atomic mass is 16.3. The van der Waals surface area contributed by atoms with E-state index in [4.69, 9.17) is 5.41 Å². The Hall–Kier alpha value is -3.16. The number of aromatic hydroxyl groups is 1. The van der Waals surface area contributed by atoms with Gasteiger partial charge in [0.1, 0.15) is 17.4 Å². The van der Waals surface area contributed by atoms with Crippen LogP contribution in [0.5, 0.6) is 5.75 Å². The van der Waals surface area contributed by atoms with Gasteiger partial charge in [0.2, 0.25) is 5.91 Å².